The molecule has 0 atom stereocenters. The second-order valence-corrected chi connectivity index (χ2v) is 7.19. The molecule has 0 aliphatic carbocycles. The molecule has 1 amide bonds. The number of hydrogen-bond acceptors (Lipinski definition) is 5. The number of carbonyl (C=O) groups is 1. The molecule has 0 aliphatic rings. The number of aromatic nitrogens is 2. The van der Waals surface area contributed by atoms with E-state index in [1.807, 2.05) is 31.2 Å². The van der Waals surface area contributed by atoms with Crippen LogP contribution >= 0.6 is 11.3 Å². The number of benzene rings is 1. The molecule has 6 nitrogen and oxygen atoms in total. The summed E-state index contributed by atoms with van der Waals surface area (Å²) < 4.78 is 1.03. The highest BCUT2D eigenvalue weighted by molar-refractivity contribution is 7.22. The molecule has 132 valence electrons. The summed E-state index contributed by atoms with van der Waals surface area (Å²) in [5.74, 6) is -0.148. The minimum atomic E-state index is -0.388. The van der Waals surface area contributed by atoms with Crippen LogP contribution in [0.5, 0.6) is 0 Å². The topological polar surface area (TPSA) is 98.6 Å². The standard InChI is InChI=1S/C19H18N4O2S/c1-10-5-4-6-15-17(10)23-19(26-15)22-16(24)8-7-13-11(2)14(9-20)18(25)21-12(13)3/h4-6H,7-8H2,1-3H3,(H,21,25)(H,22,23,24). The lowest BCUT2D eigenvalue weighted by molar-refractivity contribution is -0.116. The summed E-state index contributed by atoms with van der Waals surface area (Å²) in [6.07, 6.45) is 0.687. The van der Waals surface area contributed by atoms with Crippen LogP contribution in [0.25, 0.3) is 10.2 Å². The van der Waals surface area contributed by atoms with Gasteiger partial charge in [-0.3, -0.25) is 9.59 Å². The lowest BCUT2D eigenvalue weighted by Crippen LogP contribution is -2.18. The van der Waals surface area contributed by atoms with Gasteiger partial charge in [-0.25, -0.2) is 4.98 Å². The van der Waals surface area contributed by atoms with Crippen LogP contribution < -0.4 is 10.9 Å². The SMILES string of the molecule is Cc1[nH]c(=O)c(C#N)c(C)c1CCC(=O)Nc1nc2c(C)cccc2s1. The van der Waals surface area contributed by atoms with E-state index in [4.69, 9.17) is 5.26 Å². The van der Waals surface area contributed by atoms with Crippen molar-refractivity contribution in [1.82, 2.24) is 9.97 Å². The van der Waals surface area contributed by atoms with E-state index in [-0.39, 0.29) is 23.5 Å². The summed E-state index contributed by atoms with van der Waals surface area (Å²) in [5.41, 5.74) is 3.85. The van der Waals surface area contributed by atoms with Crippen molar-refractivity contribution in [2.75, 3.05) is 5.32 Å². The predicted molar refractivity (Wildman–Crippen MR) is 103 cm³/mol. The molecule has 2 heterocycles. The second-order valence-electron chi connectivity index (χ2n) is 6.16. The van der Waals surface area contributed by atoms with Crippen LogP contribution in [0.15, 0.2) is 23.0 Å². The fraction of sp³-hybridized carbons (Fsp3) is 0.263. The maximum atomic E-state index is 12.3. The van der Waals surface area contributed by atoms with Crippen LogP contribution in [0.4, 0.5) is 5.13 Å². The fourth-order valence-electron chi connectivity index (χ4n) is 2.98. The summed E-state index contributed by atoms with van der Waals surface area (Å²) in [6, 6.07) is 7.86. The molecular weight excluding hydrogens is 348 g/mol. The van der Waals surface area contributed by atoms with Gasteiger partial charge in [-0.2, -0.15) is 5.26 Å². The summed E-state index contributed by atoms with van der Waals surface area (Å²) in [7, 11) is 0. The molecule has 2 aromatic heterocycles. The molecular formula is C19H18N4O2S. The van der Waals surface area contributed by atoms with Crippen molar-refractivity contribution in [3.8, 4) is 6.07 Å². The van der Waals surface area contributed by atoms with Gasteiger partial charge in [0, 0.05) is 12.1 Å². The number of H-pyrrole nitrogens is 1. The highest BCUT2D eigenvalue weighted by Crippen LogP contribution is 2.28. The maximum absolute atomic E-state index is 12.3. The van der Waals surface area contributed by atoms with Crippen LogP contribution in [0.3, 0.4) is 0 Å². The first-order chi connectivity index (χ1) is 12.4. The van der Waals surface area contributed by atoms with Crippen LogP contribution in [-0.4, -0.2) is 15.9 Å². The highest BCUT2D eigenvalue weighted by Gasteiger charge is 2.14. The van der Waals surface area contributed by atoms with E-state index in [1.54, 1.807) is 13.8 Å². The number of anilines is 1. The first-order valence-corrected chi connectivity index (χ1v) is 9.00. The zero-order valence-corrected chi connectivity index (χ0v) is 15.6. The number of amides is 1. The van der Waals surface area contributed by atoms with Crippen LogP contribution in [-0.2, 0) is 11.2 Å². The van der Waals surface area contributed by atoms with Crippen LogP contribution in [0, 0.1) is 32.1 Å². The zero-order valence-electron chi connectivity index (χ0n) is 14.8. The van der Waals surface area contributed by atoms with Gasteiger partial charge in [-0.05, 0) is 49.9 Å². The number of aryl methyl sites for hydroxylation is 2. The first-order valence-electron chi connectivity index (χ1n) is 8.19. The van der Waals surface area contributed by atoms with E-state index in [9.17, 15) is 9.59 Å². The number of rotatable bonds is 4. The van der Waals surface area contributed by atoms with E-state index >= 15 is 0 Å². The lowest BCUT2D eigenvalue weighted by atomic mass is 9.99. The average Bonchev–Trinajstić information content (AvgIpc) is 2.98. The number of para-hydroxylation sites is 1. The van der Waals surface area contributed by atoms with E-state index < -0.39 is 0 Å². The Bertz CT molecular complexity index is 1110. The fourth-order valence-corrected chi connectivity index (χ4v) is 3.94. The molecule has 0 unspecified atom stereocenters. The van der Waals surface area contributed by atoms with Gasteiger partial charge in [0.05, 0.1) is 10.2 Å². The first kappa shape index (κ1) is 17.8. The summed E-state index contributed by atoms with van der Waals surface area (Å²) >= 11 is 1.44. The monoisotopic (exact) mass is 366 g/mol. The zero-order chi connectivity index (χ0) is 18.8. The van der Waals surface area contributed by atoms with Gasteiger partial charge in [0.15, 0.2) is 5.13 Å². The Hall–Kier alpha value is -2.98. The Morgan fingerprint density at radius 2 is 2.12 bits per heavy atom. The lowest BCUT2D eigenvalue weighted by Gasteiger charge is -2.10. The van der Waals surface area contributed by atoms with Crippen molar-refractivity contribution in [1.29, 1.82) is 5.26 Å². The molecule has 3 rings (SSSR count). The minimum absolute atomic E-state index is 0.104. The van der Waals surface area contributed by atoms with Crippen molar-refractivity contribution in [3.63, 3.8) is 0 Å². The van der Waals surface area contributed by atoms with Gasteiger partial charge in [-0.1, -0.05) is 23.5 Å². The molecule has 0 fully saturated rings. The summed E-state index contributed by atoms with van der Waals surface area (Å²) in [4.78, 5) is 31.2. The molecule has 3 aromatic rings. The molecule has 0 saturated heterocycles. The second kappa shape index (κ2) is 7.10. The van der Waals surface area contributed by atoms with Crippen molar-refractivity contribution < 1.29 is 4.79 Å². The largest absolute Gasteiger partial charge is 0.325 e. The normalized spacial score (nSPS) is 10.7. The molecule has 0 radical (unpaired) electrons. The van der Waals surface area contributed by atoms with Crippen molar-refractivity contribution in [2.24, 2.45) is 0 Å². The van der Waals surface area contributed by atoms with Crippen molar-refractivity contribution >= 4 is 32.6 Å². The van der Waals surface area contributed by atoms with Gasteiger partial charge < -0.3 is 10.3 Å². The van der Waals surface area contributed by atoms with Gasteiger partial charge in [0.1, 0.15) is 11.6 Å². The van der Waals surface area contributed by atoms with E-state index in [0.717, 1.165) is 21.3 Å². The smallest absolute Gasteiger partial charge is 0.266 e. The Kier molecular flexibility index (Phi) is 4.87. The van der Waals surface area contributed by atoms with E-state index in [0.29, 0.717) is 22.8 Å². The maximum Gasteiger partial charge on any atom is 0.266 e. The van der Waals surface area contributed by atoms with Crippen molar-refractivity contribution in [2.45, 2.75) is 33.6 Å². The Morgan fingerprint density at radius 3 is 2.81 bits per heavy atom. The molecule has 2 N–H and O–H groups in total. The third kappa shape index (κ3) is 3.37. The number of nitriles is 1. The Labute approximate surface area is 154 Å². The quantitative estimate of drug-likeness (QED) is 0.739. The molecule has 0 saturated carbocycles. The third-order valence-electron chi connectivity index (χ3n) is 4.39. The van der Waals surface area contributed by atoms with Gasteiger partial charge >= 0.3 is 0 Å². The minimum Gasteiger partial charge on any atom is -0.325 e. The van der Waals surface area contributed by atoms with Crippen LogP contribution in [0.1, 0.15) is 34.4 Å². The third-order valence-corrected chi connectivity index (χ3v) is 5.33. The summed E-state index contributed by atoms with van der Waals surface area (Å²) in [6.45, 7) is 5.51. The number of hydrogen-bond donors (Lipinski definition) is 2. The highest BCUT2D eigenvalue weighted by atomic mass is 32.1. The molecule has 7 heteroatoms. The van der Waals surface area contributed by atoms with E-state index in [1.165, 1.54) is 11.3 Å². The molecule has 26 heavy (non-hydrogen) atoms. The Morgan fingerprint density at radius 1 is 1.35 bits per heavy atom. The number of pyridine rings is 1. The number of nitrogens with zero attached hydrogens (tertiary/aromatic N) is 2. The predicted octanol–water partition coefficient (Wildman–Crippen LogP) is 3.35. The number of aromatic amines is 1. The molecule has 0 aliphatic heterocycles. The van der Waals surface area contributed by atoms with Crippen molar-refractivity contribution in [3.05, 3.63) is 56.5 Å². The molecule has 0 bridgehead atoms. The number of thiazole rings is 1. The van der Waals surface area contributed by atoms with Crippen LogP contribution in [0.2, 0.25) is 0 Å². The number of nitrogens with one attached hydrogen (secondary N) is 2. The van der Waals surface area contributed by atoms with Gasteiger partial charge in [0.25, 0.3) is 5.56 Å². The number of fused-ring (bicyclic) bond motifs is 1. The molecule has 1 aromatic carbocycles. The average molecular weight is 366 g/mol. The van der Waals surface area contributed by atoms with Gasteiger partial charge in [0.2, 0.25) is 5.91 Å². The van der Waals surface area contributed by atoms with E-state index in [2.05, 4.69) is 15.3 Å². The Balaban J connectivity index is 1.74. The number of carbonyl (C=O) groups excluding carboxylic acids is 1. The van der Waals surface area contributed by atoms with Gasteiger partial charge in [-0.15, -0.1) is 0 Å². The summed E-state index contributed by atoms with van der Waals surface area (Å²) in [5, 5.41) is 12.5. The molecule has 0 spiro atoms.